The molecule has 1 heterocycles. The van der Waals surface area contributed by atoms with Crippen LogP contribution in [0, 0.1) is 0 Å². The zero-order chi connectivity index (χ0) is 16.1. The van der Waals surface area contributed by atoms with Crippen molar-refractivity contribution in [1.29, 1.82) is 0 Å². The number of carbonyl (C=O) groups excluding carboxylic acids is 1. The molecule has 1 fully saturated rings. The van der Waals surface area contributed by atoms with Crippen LogP contribution in [0.15, 0.2) is 73.3 Å². The van der Waals surface area contributed by atoms with E-state index >= 15 is 0 Å². The van der Waals surface area contributed by atoms with Crippen molar-refractivity contribution >= 4 is 5.78 Å². The van der Waals surface area contributed by atoms with Crippen molar-refractivity contribution in [3.63, 3.8) is 0 Å². The minimum Gasteiger partial charge on any atom is -0.300 e. The third-order valence-corrected chi connectivity index (χ3v) is 4.60. The molecule has 3 rings (SSSR count). The number of benzene rings is 2. The maximum atomic E-state index is 12.4. The van der Waals surface area contributed by atoms with Gasteiger partial charge in [0.1, 0.15) is 5.78 Å². The maximum Gasteiger partial charge on any atom is 0.136 e. The predicted octanol–water partition coefficient (Wildman–Crippen LogP) is 4.71. The topological polar surface area (TPSA) is 20.3 Å². The first-order chi connectivity index (χ1) is 11.3. The van der Waals surface area contributed by atoms with E-state index in [1.54, 1.807) is 0 Å². The van der Waals surface area contributed by atoms with Gasteiger partial charge in [-0.2, -0.15) is 0 Å². The molecule has 118 valence electrons. The largest absolute Gasteiger partial charge is 0.300 e. The molecule has 23 heavy (non-hydrogen) atoms. The lowest BCUT2D eigenvalue weighted by Crippen LogP contribution is -2.40. The van der Waals surface area contributed by atoms with Crippen molar-refractivity contribution in [1.82, 2.24) is 4.90 Å². The monoisotopic (exact) mass is 305 g/mol. The van der Waals surface area contributed by atoms with Crippen LogP contribution in [0.25, 0.3) is 0 Å². The average Bonchev–Trinajstić information content (AvgIpc) is 2.61. The molecule has 0 bridgehead atoms. The molecule has 0 aliphatic carbocycles. The summed E-state index contributed by atoms with van der Waals surface area (Å²) in [6.07, 6.45) is 4.09. The predicted molar refractivity (Wildman–Crippen MR) is 94.1 cm³/mol. The lowest BCUT2D eigenvalue weighted by atomic mass is 9.86. The van der Waals surface area contributed by atoms with Gasteiger partial charge in [-0.15, -0.1) is 6.58 Å². The number of hydrogen-bond acceptors (Lipinski definition) is 2. The summed E-state index contributed by atoms with van der Waals surface area (Å²) in [5.41, 5.74) is 2.45. The van der Waals surface area contributed by atoms with E-state index in [1.165, 1.54) is 11.1 Å². The zero-order valence-corrected chi connectivity index (χ0v) is 13.4. The van der Waals surface area contributed by atoms with Gasteiger partial charge in [-0.05, 0) is 17.5 Å². The van der Waals surface area contributed by atoms with Crippen LogP contribution in [0.3, 0.4) is 0 Å². The van der Waals surface area contributed by atoms with Crippen molar-refractivity contribution in [3.8, 4) is 0 Å². The zero-order valence-electron chi connectivity index (χ0n) is 13.4. The lowest BCUT2D eigenvalue weighted by Gasteiger charge is -2.42. The Morgan fingerprint density at radius 1 is 0.913 bits per heavy atom. The quantitative estimate of drug-likeness (QED) is 0.746. The van der Waals surface area contributed by atoms with Crippen molar-refractivity contribution in [2.75, 3.05) is 6.54 Å². The molecule has 0 N–H and O–H groups in total. The molecule has 0 unspecified atom stereocenters. The Morgan fingerprint density at radius 2 is 1.39 bits per heavy atom. The van der Waals surface area contributed by atoms with Crippen LogP contribution in [0.4, 0.5) is 0 Å². The van der Waals surface area contributed by atoms with Crippen molar-refractivity contribution in [2.24, 2.45) is 0 Å². The highest BCUT2D eigenvalue weighted by Crippen LogP contribution is 2.40. The molecule has 0 radical (unpaired) electrons. The molecule has 0 amide bonds. The van der Waals surface area contributed by atoms with E-state index < -0.39 is 0 Å². The average molecular weight is 305 g/mol. The molecule has 1 aliphatic rings. The van der Waals surface area contributed by atoms with Gasteiger partial charge in [0.2, 0.25) is 0 Å². The summed E-state index contributed by atoms with van der Waals surface area (Å²) in [7, 11) is 0. The van der Waals surface area contributed by atoms with Gasteiger partial charge in [-0.1, -0.05) is 66.7 Å². The van der Waals surface area contributed by atoms with Gasteiger partial charge in [0.25, 0.3) is 0 Å². The Balaban J connectivity index is 1.96. The van der Waals surface area contributed by atoms with E-state index in [0.29, 0.717) is 18.6 Å². The first-order valence-electron chi connectivity index (χ1n) is 8.28. The van der Waals surface area contributed by atoms with Crippen molar-refractivity contribution in [3.05, 3.63) is 84.4 Å². The molecular weight excluding hydrogens is 282 g/mol. The third-order valence-electron chi connectivity index (χ3n) is 4.60. The Kier molecular flexibility index (Phi) is 5.04. The van der Waals surface area contributed by atoms with E-state index in [1.807, 2.05) is 18.2 Å². The van der Waals surface area contributed by atoms with Crippen LogP contribution >= 0.6 is 0 Å². The molecule has 0 spiro atoms. The first kappa shape index (κ1) is 15.7. The second-order valence-corrected chi connectivity index (χ2v) is 6.12. The number of Topliss-reactive ketones (excluding diaryl/α,β-unsaturated/α-hetero) is 1. The smallest absolute Gasteiger partial charge is 0.136 e. The number of ketones is 1. The van der Waals surface area contributed by atoms with Crippen LogP contribution in [-0.2, 0) is 4.79 Å². The lowest BCUT2D eigenvalue weighted by molar-refractivity contribution is -0.125. The molecule has 0 aromatic heterocycles. The van der Waals surface area contributed by atoms with E-state index in [9.17, 15) is 4.79 Å². The minimum absolute atomic E-state index is 0.155. The second-order valence-electron chi connectivity index (χ2n) is 6.12. The van der Waals surface area contributed by atoms with Gasteiger partial charge in [0.05, 0.1) is 0 Å². The molecule has 2 aromatic carbocycles. The number of likely N-dealkylation sites (tertiary alicyclic amines) is 1. The molecule has 2 heteroatoms. The fourth-order valence-corrected chi connectivity index (χ4v) is 3.49. The summed E-state index contributed by atoms with van der Waals surface area (Å²) in [6.45, 7) is 4.79. The molecule has 2 atom stereocenters. The molecule has 2 nitrogen and oxygen atoms in total. The first-order valence-corrected chi connectivity index (χ1v) is 8.28. The van der Waals surface area contributed by atoms with E-state index in [-0.39, 0.29) is 12.1 Å². The summed E-state index contributed by atoms with van der Waals surface area (Å²) >= 11 is 0. The van der Waals surface area contributed by atoms with E-state index in [0.717, 1.165) is 13.0 Å². The molecule has 2 aromatic rings. The van der Waals surface area contributed by atoms with Gasteiger partial charge < -0.3 is 0 Å². The van der Waals surface area contributed by atoms with E-state index in [2.05, 4.69) is 60.0 Å². The number of nitrogens with zero attached hydrogens (tertiary/aromatic N) is 1. The van der Waals surface area contributed by atoms with Crippen LogP contribution in [0.5, 0.6) is 0 Å². The summed E-state index contributed by atoms with van der Waals surface area (Å²) < 4.78 is 0. The summed E-state index contributed by atoms with van der Waals surface area (Å²) in [6, 6.07) is 21.1. The van der Waals surface area contributed by atoms with Crippen LogP contribution < -0.4 is 0 Å². The Bertz CT molecular complexity index is 599. The van der Waals surface area contributed by atoms with Gasteiger partial charge >= 0.3 is 0 Å². The Hall–Kier alpha value is -2.19. The second kappa shape index (κ2) is 7.38. The summed E-state index contributed by atoms with van der Waals surface area (Å²) in [5, 5.41) is 0. The number of hydrogen-bond donors (Lipinski definition) is 0. The van der Waals surface area contributed by atoms with Gasteiger partial charge in [-0.25, -0.2) is 0 Å². The van der Waals surface area contributed by atoms with Gasteiger partial charge in [-0.3, -0.25) is 9.69 Å². The fourth-order valence-electron chi connectivity index (χ4n) is 3.49. The molecule has 0 saturated carbocycles. The molecular formula is C21H23NO. The number of carbonyl (C=O) groups is 1. The summed E-state index contributed by atoms with van der Waals surface area (Å²) in [4.78, 5) is 14.9. The fraction of sp³-hybridized carbons (Fsp3) is 0.286. The normalized spacial score (nSPS) is 22.0. The SMILES string of the molecule is C=CCCN1[C@@H](c2ccccc2)CC(=O)C[C@H]1c1ccccc1. The van der Waals surface area contributed by atoms with Crippen molar-refractivity contribution in [2.45, 2.75) is 31.3 Å². The van der Waals surface area contributed by atoms with E-state index in [4.69, 9.17) is 0 Å². The highest BCUT2D eigenvalue weighted by atomic mass is 16.1. The summed E-state index contributed by atoms with van der Waals surface area (Å²) in [5.74, 6) is 0.350. The highest BCUT2D eigenvalue weighted by Gasteiger charge is 2.35. The number of rotatable bonds is 5. The van der Waals surface area contributed by atoms with Crippen LogP contribution in [0.2, 0.25) is 0 Å². The maximum absolute atomic E-state index is 12.4. The molecule has 1 aliphatic heterocycles. The van der Waals surface area contributed by atoms with Gasteiger partial charge in [0, 0.05) is 31.5 Å². The minimum atomic E-state index is 0.155. The Labute approximate surface area is 138 Å². The highest BCUT2D eigenvalue weighted by molar-refractivity contribution is 5.81. The third kappa shape index (κ3) is 3.59. The molecule has 1 saturated heterocycles. The van der Waals surface area contributed by atoms with Gasteiger partial charge in [0.15, 0.2) is 0 Å². The van der Waals surface area contributed by atoms with Crippen molar-refractivity contribution < 1.29 is 4.79 Å². The van der Waals surface area contributed by atoms with Crippen LogP contribution in [-0.4, -0.2) is 17.2 Å². The standard InChI is InChI=1S/C21H23NO/c1-2-3-14-22-20(17-10-6-4-7-11-17)15-19(23)16-21(22)18-12-8-5-9-13-18/h2,4-13,20-21H,1,3,14-16H2/t20-,21+. The van der Waals surface area contributed by atoms with Crippen LogP contribution in [0.1, 0.15) is 42.5 Å². The Morgan fingerprint density at radius 3 is 1.83 bits per heavy atom. The number of piperidine rings is 1.